The second-order valence-electron chi connectivity index (χ2n) is 5.93. The minimum absolute atomic E-state index is 0.180. The van der Waals surface area contributed by atoms with Crippen LogP contribution in [-0.2, 0) is 11.3 Å². The molecule has 3 rings (SSSR count). The molecule has 1 heterocycles. The number of aromatic amines is 1. The molecule has 6 heteroatoms. The Morgan fingerprint density at radius 2 is 2.13 bits per heavy atom. The van der Waals surface area contributed by atoms with Crippen LogP contribution in [0.2, 0.25) is 0 Å². The Balaban J connectivity index is 1.33. The maximum absolute atomic E-state index is 11.8. The van der Waals surface area contributed by atoms with E-state index in [1.54, 1.807) is 6.20 Å². The molecule has 0 saturated heterocycles. The lowest BCUT2D eigenvalue weighted by molar-refractivity contribution is 0.124. The average molecular weight is 314 g/mol. The zero-order valence-electron chi connectivity index (χ0n) is 13.2. The van der Waals surface area contributed by atoms with Crippen LogP contribution in [0.25, 0.3) is 0 Å². The van der Waals surface area contributed by atoms with E-state index in [1.807, 2.05) is 36.5 Å². The second kappa shape index (κ2) is 7.28. The summed E-state index contributed by atoms with van der Waals surface area (Å²) in [5.74, 6) is 0.934. The second-order valence-corrected chi connectivity index (χ2v) is 5.93. The smallest absolute Gasteiger partial charge is 0.407 e. The van der Waals surface area contributed by atoms with Crippen molar-refractivity contribution in [1.82, 2.24) is 20.6 Å². The molecular weight excluding hydrogens is 292 g/mol. The number of hydrogen-bond acceptors (Lipinski definition) is 4. The normalized spacial score (nSPS) is 21.3. The molecule has 1 unspecified atom stereocenters. The molecule has 1 aliphatic carbocycles. The number of alkyl carbamates (subject to hydrolysis) is 1. The first-order valence-corrected chi connectivity index (χ1v) is 7.93. The van der Waals surface area contributed by atoms with Crippen molar-refractivity contribution < 1.29 is 9.53 Å². The zero-order chi connectivity index (χ0) is 16.1. The fourth-order valence-electron chi connectivity index (χ4n) is 2.75. The molecule has 2 aromatic rings. The molecule has 0 bridgehead atoms. The Bertz CT molecular complexity index is 609. The number of carbonyl (C=O) groups is 1. The van der Waals surface area contributed by atoms with E-state index in [2.05, 4.69) is 27.5 Å². The third-order valence-electron chi connectivity index (χ3n) is 4.09. The summed E-state index contributed by atoms with van der Waals surface area (Å²) in [4.78, 5) is 19.1. The zero-order valence-corrected chi connectivity index (χ0v) is 13.2. The third-order valence-corrected chi connectivity index (χ3v) is 4.09. The highest BCUT2D eigenvalue weighted by molar-refractivity contribution is 5.67. The molecule has 1 amide bonds. The number of benzene rings is 1. The van der Waals surface area contributed by atoms with Crippen molar-refractivity contribution in [3.63, 3.8) is 0 Å². The highest BCUT2D eigenvalue weighted by Crippen LogP contribution is 2.23. The van der Waals surface area contributed by atoms with Gasteiger partial charge in [0.05, 0.1) is 6.04 Å². The summed E-state index contributed by atoms with van der Waals surface area (Å²) in [7, 11) is 0. The molecule has 1 saturated carbocycles. The predicted molar refractivity (Wildman–Crippen MR) is 86.7 cm³/mol. The molecule has 1 aliphatic rings. The molecule has 1 aromatic carbocycles. The number of rotatable bonds is 6. The van der Waals surface area contributed by atoms with Crippen molar-refractivity contribution >= 4 is 6.09 Å². The Kier molecular flexibility index (Phi) is 4.92. The van der Waals surface area contributed by atoms with E-state index in [0.29, 0.717) is 12.6 Å². The first-order valence-electron chi connectivity index (χ1n) is 7.93. The van der Waals surface area contributed by atoms with Gasteiger partial charge in [0.2, 0.25) is 0 Å². The van der Waals surface area contributed by atoms with E-state index < -0.39 is 0 Å². The Hall–Kier alpha value is -2.34. The summed E-state index contributed by atoms with van der Waals surface area (Å²) >= 11 is 0. The van der Waals surface area contributed by atoms with Crippen LogP contribution in [0.4, 0.5) is 4.79 Å². The topological polar surface area (TPSA) is 79.0 Å². The van der Waals surface area contributed by atoms with Crippen molar-refractivity contribution in [2.24, 2.45) is 0 Å². The van der Waals surface area contributed by atoms with Gasteiger partial charge in [0, 0.05) is 24.5 Å². The molecule has 0 aliphatic heterocycles. The van der Waals surface area contributed by atoms with E-state index in [9.17, 15) is 4.79 Å². The summed E-state index contributed by atoms with van der Waals surface area (Å²) in [6.07, 6.45) is 5.04. The van der Waals surface area contributed by atoms with Crippen molar-refractivity contribution in [2.75, 3.05) is 0 Å². The summed E-state index contributed by atoms with van der Waals surface area (Å²) in [6.45, 7) is 2.38. The summed E-state index contributed by atoms with van der Waals surface area (Å²) in [5.41, 5.74) is 0.989. The third kappa shape index (κ3) is 4.32. The Labute approximate surface area is 135 Å². The van der Waals surface area contributed by atoms with E-state index in [0.717, 1.165) is 24.2 Å². The lowest BCUT2D eigenvalue weighted by atomic mass is 9.86. The van der Waals surface area contributed by atoms with E-state index in [-0.39, 0.29) is 18.2 Å². The first-order chi connectivity index (χ1) is 11.2. The highest BCUT2D eigenvalue weighted by Gasteiger charge is 2.31. The van der Waals surface area contributed by atoms with Gasteiger partial charge in [-0.05, 0) is 25.3 Å². The molecule has 0 spiro atoms. The van der Waals surface area contributed by atoms with Crippen LogP contribution >= 0.6 is 0 Å². The lowest BCUT2D eigenvalue weighted by Gasteiger charge is -2.37. The summed E-state index contributed by atoms with van der Waals surface area (Å²) < 4.78 is 5.22. The van der Waals surface area contributed by atoms with E-state index >= 15 is 0 Å². The van der Waals surface area contributed by atoms with Gasteiger partial charge >= 0.3 is 6.09 Å². The fourth-order valence-corrected chi connectivity index (χ4v) is 2.75. The number of carbonyl (C=O) groups excluding carboxylic acids is 1. The lowest BCUT2D eigenvalue weighted by Crippen LogP contribution is -2.52. The molecule has 1 fully saturated rings. The number of aromatic nitrogens is 2. The van der Waals surface area contributed by atoms with Gasteiger partial charge in [0.25, 0.3) is 0 Å². The van der Waals surface area contributed by atoms with Gasteiger partial charge in [0.15, 0.2) is 0 Å². The van der Waals surface area contributed by atoms with Gasteiger partial charge in [-0.15, -0.1) is 0 Å². The van der Waals surface area contributed by atoms with Crippen molar-refractivity contribution in [3.05, 3.63) is 54.1 Å². The Morgan fingerprint density at radius 3 is 2.83 bits per heavy atom. The van der Waals surface area contributed by atoms with Crippen LogP contribution in [-0.4, -0.2) is 28.1 Å². The van der Waals surface area contributed by atoms with Gasteiger partial charge in [-0.1, -0.05) is 30.3 Å². The Morgan fingerprint density at radius 1 is 1.35 bits per heavy atom. The minimum Gasteiger partial charge on any atom is -0.445 e. The quantitative estimate of drug-likeness (QED) is 0.765. The maximum Gasteiger partial charge on any atom is 0.407 e. The minimum atomic E-state index is -0.351. The maximum atomic E-state index is 11.8. The number of H-pyrrole nitrogens is 1. The van der Waals surface area contributed by atoms with Crippen LogP contribution < -0.4 is 10.6 Å². The largest absolute Gasteiger partial charge is 0.445 e. The molecule has 0 radical (unpaired) electrons. The number of ether oxygens (including phenoxy) is 1. The fraction of sp³-hybridized carbons (Fsp3) is 0.412. The number of imidazole rings is 1. The number of nitrogens with one attached hydrogen (secondary N) is 3. The van der Waals surface area contributed by atoms with Crippen molar-refractivity contribution in [2.45, 2.75) is 44.5 Å². The number of hydrogen-bond donors (Lipinski definition) is 3. The molecule has 3 N–H and O–H groups in total. The van der Waals surface area contributed by atoms with Gasteiger partial charge in [-0.2, -0.15) is 0 Å². The van der Waals surface area contributed by atoms with E-state index in [4.69, 9.17) is 4.74 Å². The molecule has 6 nitrogen and oxygen atoms in total. The molecule has 1 aromatic heterocycles. The highest BCUT2D eigenvalue weighted by atomic mass is 16.5. The van der Waals surface area contributed by atoms with Crippen molar-refractivity contribution in [1.29, 1.82) is 0 Å². The van der Waals surface area contributed by atoms with Crippen molar-refractivity contribution in [3.8, 4) is 0 Å². The average Bonchev–Trinajstić information content (AvgIpc) is 3.06. The standard InChI is InChI=1S/C17H22N4O2/c1-12(16-18-7-8-19-16)20-14-9-15(10-14)21-17(22)23-11-13-5-3-2-4-6-13/h2-8,12,14-15,20H,9-11H2,1H3,(H,18,19)(H,21,22). The van der Waals surface area contributed by atoms with Crippen LogP contribution in [0.3, 0.4) is 0 Å². The van der Waals surface area contributed by atoms with Gasteiger partial charge in [-0.25, -0.2) is 9.78 Å². The van der Waals surface area contributed by atoms with Crippen LogP contribution in [0.15, 0.2) is 42.7 Å². The van der Waals surface area contributed by atoms with Gasteiger partial charge in [0.1, 0.15) is 12.4 Å². The summed E-state index contributed by atoms with van der Waals surface area (Å²) in [5, 5.41) is 6.39. The van der Waals surface area contributed by atoms with Crippen LogP contribution in [0.1, 0.15) is 37.2 Å². The SMILES string of the molecule is CC(NC1CC(NC(=O)OCc2ccccc2)C1)c1ncc[nH]1. The molecule has 122 valence electrons. The molecular formula is C17H22N4O2. The number of nitrogens with zero attached hydrogens (tertiary/aromatic N) is 1. The summed E-state index contributed by atoms with van der Waals surface area (Å²) in [6, 6.07) is 10.4. The number of amides is 1. The van der Waals surface area contributed by atoms with Crippen LogP contribution in [0, 0.1) is 0 Å². The molecule has 23 heavy (non-hydrogen) atoms. The molecule has 1 atom stereocenters. The monoisotopic (exact) mass is 314 g/mol. The first kappa shape index (κ1) is 15.6. The van der Waals surface area contributed by atoms with E-state index in [1.165, 1.54) is 0 Å². The van der Waals surface area contributed by atoms with Crippen LogP contribution in [0.5, 0.6) is 0 Å². The predicted octanol–water partition coefficient (Wildman–Crippen LogP) is 2.52. The van der Waals surface area contributed by atoms with Gasteiger partial charge < -0.3 is 20.4 Å². The van der Waals surface area contributed by atoms with Gasteiger partial charge in [-0.3, -0.25) is 0 Å².